The Bertz CT molecular complexity index is 1030. The van der Waals surface area contributed by atoms with Crippen LogP contribution < -0.4 is 0 Å². The molecule has 0 atom stereocenters. The van der Waals surface area contributed by atoms with Crippen molar-refractivity contribution < 1.29 is 14.5 Å². The summed E-state index contributed by atoms with van der Waals surface area (Å²) in [5.41, 5.74) is 2.14. The number of para-hydroxylation sites is 1. The van der Waals surface area contributed by atoms with Crippen molar-refractivity contribution in [1.82, 2.24) is 9.47 Å². The molecule has 3 aromatic rings. The average Bonchev–Trinajstić information content (AvgIpc) is 3.10. The molecule has 29 heavy (non-hydrogen) atoms. The van der Waals surface area contributed by atoms with Crippen molar-refractivity contribution in [3.8, 4) is 0 Å². The molecule has 0 radical (unpaired) electrons. The highest BCUT2D eigenvalue weighted by atomic mass is 32.2. The van der Waals surface area contributed by atoms with Crippen LogP contribution in [0, 0.1) is 10.1 Å². The molecule has 2 heterocycles. The van der Waals surface area contributed by atoms with Crippen molar-refractivity contribution in [2.75, 3.05) is 26.3 Å². The number of thioether (sulfide) groups is 1. The molecule has 0 N–H and O–H groups in total. The van der Waals surface area contributed by atoms with Crippen LogP contribution in [-0.2, 0) is 21.8 Å². The van der Waals surface area contributed by atoms with Crippen LogP contribution in [0.25, 0.3) is 10.9 Å². The molecule has 0 saturated carbocycles. The van der Waals surface area contributed by atoms with E-state index in [4.69, 9.17) is 4.74 Å². The molecule has 1 aromatic heterocycles. The maximum absolute atomic E-state index is 12.7. The molecule has 1 aliphatic heterocycles. The van der Waals surface area contributed by atoms with Crippen LogP contribution in [0.2, 0.25) is 0 Å². The van der Waals surface area contributed by atoms with E-state index in [1.807, 2.05) is 33.9 Å². The first kappa shape index (κ1) is 19.5. The van der Waals surface area contributed by atoms with Crippen molar-refractivity contribution in [2.45, 2.75) is 17.2 Å². The van der Waals surface area contributed by atoms with Crippen molar-refractivity contribution >= 4 is 34.3 Å². The third-order valence-electron chi connectivity index (χ3n) is 4.96. The number of benzene rings is 2. The molecular weight excluding hydrogens is 390 g/mol. The zero-order valence-corrected chi connectivity index (χ0v) is 16.6. The fraction of sp³-hybridized carbons (Fsp3) is 0.286. The van der Waals surface area contributed by atoms with Crippen molar-refractivity contribution in [1.29, 1.82) is 0 Å². The summed E-state index contributed by atoms with van der Waals surface area (Å²) >= 11 is 1.67. The number of carbonyl (C=O) groups is 1. The molecule has 7 nitrogen and oxygen atoms in total. The number of aromatic nitrogens is 1. The molecule has 0 unspecified atom stereocenters. The number of fused-ring (bicyclic) bond motifs is 1. The minimum absolute atomic E-state index is 0.0944. The molecule has 0 spiro atoms. The molecule has 1 fully saturated rings. The number of hydrogen-bond acceptors (Lipinski definition) is 5. The van der Waals surface area contributed by atoms with Gasteiger partial charge in [0.05, 0.1) is 18.1 Å². The molecule has 0 bridgehead atoms. The SMILES string of the molecule is O=C(Cn1cc(SCc2ccc([N+](=O)[O-])cc2)c2ccccc21)N1CCOCC1. The minimum atomic E-state index is -0.393. The van der Waals surface area contributed by atoms with Gasteiger partial charge in [0.2, 0.25) is 5.91 Å². The minimum Gasteiger partial charge on any atom is -0.378 e. The molecule has 1 saturated heterocycles. The van der Waals surface area contributed by atoms with Gasteiger partial charge < -0.3 is 14.2 Å². The van der Waals surface area contributed by atoms with Crippen LogP contribution in [-0.4, -0.2) is 46.6 Å². The Kier molecular flexibility index (Phi) is 5.82. The second-order valence-electron chi connectivity index (χ2n) is 6.84. The van der Waals surface area contributed by atoms with Crippen molar-refractivity contribution in [3.05, 3.63) is 70.4 Å². The summed E-state index contributed by atoms with van der Waals surface area (Å²) < 4.78 is 7.33. The highest BCUT2D eigenvalue weighted by molar-refractivity contribution is 7.98. The Balaban J connectivity index is 1.51. The first-order valence-corrected chi connectivity index (χ1v) is 10.4. The fourth-order valence-electron chi connectivity index (χ4n) is 3.39. The van der Waals surface area contributed by atoms with E-state index in [-0.39, 0.29) is 11.6 Å². The highest BCUT2D eigenvalue weighted by Crippen LogP contribution is 2.32. The molecule has 150 valence electrons. The van der Waals surface area contributed by atoms with Gasteiger partial charge in [-0.2, -0.15) is 0 Å². The maximum Gasteiger partial charge on any atom is 0.269 e. The standard InChI is InChI=1S/C21H21N3O4S/c25-21(22-9-11-28-12-10-22)14-23-13-20(18-3-1-2-4-19(18)23)29-15-16-5-7-17(8-6-16)24(26)27/h1-8,13H,9-12,14-15H2. The van der Waals surface area contributed by atoms with E-state index in [0.717, 1.165) is 21.4 Å². The Hall–Kier alpha value is -2.84. The van der Waals surface area contributed by atoms with E-state index < -0.39 is 4.92 Å². The quantitative estimate of drug-likeness (QED) is 0.351. The Morgan fingerprint density at radius 2 is 1.83 bits per heavy atom. The number of non-ortho nitro benzene ring substituents is 1. The Labute approximate surface area is 172 Å². The Morgan fingerprint density at radius 3 is 2.55 bits per heavy atom. The normalized spacial score (nSPS) is 14.3. The first-order valence-electron chi connectivity index (χ1n) is 9.41. The lowest BCUT2D eigenvalue weighted by atomic mass is 10.2. The summed E-state index contributed by atoms with van der Waals surface area (Å²) in [4.78, 5) is 26.0. The van der Waals surface area contributed by atoms with E-state index in [0.29, 0.717) is 38.6 Å². The van der Waals surface area contributed by atoms with Gasteiger partial charge in [0, 0.05) is 53.0 Å². The summed E-state index contributed by atoms with van der Waals surface area (Å²) in [6.45, 7) is 2.77. The lowest BCUT2D eigenvalue weighted by Crippen LogP contribution is -2.42. The van der Waals surface area contributed by atoms with Gasteiger partial charge in [-0.25, -0.2) is 0 Å². The number of nitro groups is 1. The highest BCUT2D eigenvalue weighted by Gasteiger charge is 2.19. The zero-order valence-electron chi connectivity index (χ0n) is 15.8. The monoisotopic (exact) mass is 411 g/mol. The van der Waals surface area contributed by atoms with Gasteiger partial charge in [0.1, 0.15) is 6.54 Å². The maximum atomic E-state index is 12.7. The number of amides is 1. The van der Waals surface area contributed by atoms with Gasteiger partial charge in [-0.1, -0.05) is 30.3 Å². The summed E-state index contributed by atoms with van der Waals surface area (Å²) in [6.07, 6.45) is 2.03. The summed E-state index contributed by atoms with van der Waals surface area (Å²) in [5, 5.41) is 11.9. The second-order valence-corrected chi connectivity index (χ2v) is 7.86. The fourth-order valence-corrected chi connectivity index (χ4v) is 4.44. The number of hydrogen-bond donors (Lipinski definition) is 0. The Morgan fingerprint density at radius 1 is 1.10 bits per heavy atom. The largest absolute Gasteiger partial charge is 0.378 e. The van der Waals surface area contributed by atoms with E-state index in [9.17, 15) is 14.9 Å². The topological polar surface area (TPSA) is 77.6 Å². The van der Waals surface area contributed by atoms with Crippen LogP contribution in [0.15, 0.2) is 59.6 Å². The number of carbonyl (C=O) groups excluding carboxylic acids is 1. The average molecular weight is 411 g/mol. The van der Waals surface area contributed by atoms with Crippen molar-refractivity contribution in [3.63, 3.8) is 0 Å². The molecule has 2 aromatic carbocycles. The van der Waals surface area contributed by atoms with Gasteiger partial charge in [-0.3, -0.25) is 14.9 Å². The predicted molar refractivity (Wildman–Crippen MR) is 112 cm³/mol. The van der Waals surface area contributed by atoms with Crippen LogP contribution in [0.1, 0.15) is 5.56 Å². The molecule has 0 aliphatic carbocycles. The van der Waals surface area contributed by atoms with E-state index >= 15 is 0 Å². The third-order valence-corrected chi connectivity index (χ3v) is 6.08. The lowest BCUT2D eigenvalue weighted by molar-refractivity contribution is -0.384. The zero-order chi connectivity index (χ0) is 20.2. The van der Waals surface area contributed by atoms with Gasteiger partial charge >= 0.3 is 0 Å². The predicted octanol–water partition coefficient (Wildman–Crippen LogP) is 3.70. The number of nitrogens with zero attached hydrogens (tertiary/aromatic N) is 3. The lowest BCUT2D eigenvalue weighted by Gasteiger charge is -2.27. The molecule has 4 rings (SSSR count). The summed E-state index contributed by atoms with van der Waals surface area (Å²) in [6, 6.07) is 14.7. The number of rotatable bonds is 6. The number of morpholine rings is 1. The summed E-state index contributed by atoms with van der Waals surface area (Å²) in [7, 11) is 0. The number of ether oxygens (including phenoxy) is 1. The van der Waals surface area contributed by atoms with Crippen LogP contribution >= 0.6 is 11.8 Å². The summed E-state index contributed by atoms with van der Waals surface area (Å²) in [5.74, 6) is 0.796. The van der Waals surface area contributed by atoms with Gasteiger partial charge in [-0.15, -0.1) is 11.8 Å². The van der Waals surface area contributed by atoms with Crippen LogP contribution in [0.4, 0.5) is 5.69 Å². The van der Waals surface area contributed by atoms with Gasteiger partial charge in [-0.05, 0) is 11.6 Å². The van der Waals surface area contributed by atoms with Crippen LogP contribution in [0.3, 0.4) is 0 Å². The molecule has 8 heteroatoms. The van der Waals surface area contributed by atoms with Gasteiger partial charge in [0.15, 0.2) is 0 Å². The van der Waals surface area contributed by atoms with E-state index in [1.165, 1.54) is 12.1 Å². The van der Waals surface area contributed by atoms with E-state index in [1.54, 1.807) is 23.9 Å². The van der Waals surface area contributed by atoms with E-state index in [2.05, 4.69) is 6.07 Å². The molecule has 1 aliphatic rings. The second kappa shape index (κ2) is 8.67. The van der Waals surface area contributed by atoms with Crippen LogP contribution in [0.5, 0.6) is 0 Å². The molecule has 1 amide bonds. The molecular formula is C21H21N3O4S. The van der Waals surface area contributed by atoms with Gasteiger partial charge in [0.25, 0.3) is 5.69 Å². The van der Waals surface area contributed by atoms with Crippen molar-refractivity contribution in [2.24, 2.45) is 0 Å². The third kappa shape index (κ3) is 4.44. The first-order chi connectivity index (χ1) is 14.1. The smallest absolute Gasteiger partial charge is 0.269 e. The number of nitro benzene ring substituents is 1.